The summed E-state index contributed by atoms with van der Waals surface area (Å²) in [6.45, 7) is 2.20. The molecular weight excluding hydrogens is 409 g/mol. The van der Waals surface area contributed by atoms with Gasteiger partial charge in [0, 0.05) is 17.7 Å². The molecule has 0 bridgehead atoms. The van der Waals surface area contributed by atoms with Gasteiger partial charge in [0.15, 0.2) is 11.9 Å². The lowest BCUT2D eigenvalue weighted by molar-refractivity contribution is 0.0945. The highest BCUT2D eigenvalue weighted by Crippen LogP contribution is 2.27. The predicted octanol–water partition coefficient (Wildman–Crippen LogP) is 4.09. The summed E-state index contributed by atoms with van der Waals surface area (Å²) in [6, 6.07) is 21.2. The number of carbonyl (C=O) groups is 1. The molecule has 164 valence electrons. The first kappa shape index (κ1) is 21.5. The van der Waals surface area contributed by atoms with Gasteiger partial charge >= 0.3 is 0 Å². The number of nitrogens with zero attached hydrogens (tertiary/aromatic N) is 2. The van der Waals surface area contributed by atoms with Gasteiger partial charge in [-0.2, -0.15) is 0 Å². The molecular formula is C25H24FN3O3. The molecule has 0 fully saturated rings. The largest absolute Gasteiger partial charge is 0.483 e. The minimum Gasteiger partial charge on any atom is -0.483 e. The summed E-state index contributed by atoms with van der Waals surface area (Å²) in [7, 11) is 0. The van der Waals surface area contributed by atoms with Crippen LogP contribution in [0.5, 0.6) is 5.75 Å². The van der Waals surface area contributed by atoms with E-state index >= 15 is 0 Å². The molecule has 1 atom stereocenters. The molecule has 2 N–H and O–H groups in total. The molecule has 0 spiro atoms. The van der Waals surface area contributed by atoms with Crippen molar-refractivity contribution in [1.82, 2.24) is 14.9 Å². The van der Waals surface area contributed by atoms with E-state index in [1.807, 2.05) is 41.8 Å². The van der Waals surface area contributed by atoms with Crippen LogP contribution in [-0.4, -0.2) is 33.7 Å². The van der Waals surface area contributed by atoms with E-state index in [1.54, 1.807) is 36.4 Å². The van der Waals surface area contributed by atoms with Crippen LogP contribution in [0, 0.1) is 5.82 Å². The van der Waals surface area contributed by atoms with Gasteiger partial charge in [-0.3, -0.25) is 4.79 Å². The molecule has 0 aliphatic rings. The third-order valence-corrected chi connectivity index (χ3v) is 5.14. The summed E-state index contributed by atoms with van der Waals surface area (Å²) < 4.78 is 22.4. The first-order chi connectivity index (χ1) is 15.6. The number of amides is 1. The predicted molar refractivity (Wildman–Crippen MR) is 120 cm³/mol. The Morgan fingerprint density at radius 1 is 1.12 bits per heavy atom. The fourth-order valence-corrected chi connectivity index (χ4v) is 3.59. The molecule has 4 rings (SSSR count). The van der Waals surface area contributed by atoms with Crippen LogP contribution >= 0.6 is 0 Å². The maximum Gasteiger partial charge on any atom is 0.251 e. The van der Waals surface area contributed by atoms with Crippen molar-refractivity contribution in [3.8, 4) is 5.75 Å². The fraction of sp³-hybridized carbons (Fsp3) is 0.200. The number of para-hydroxylation sites is 1. The highest BCUT2D eigenvalue weighted by molar-refractivity contribution is 5.97. The molecule has 0 saturated heterocycles. The second-order valence-electron chi connectivity index (χ2n) is 7.40. The number of fused-ring (bicyclic) bond motifs is 1. The van der Waals surface area contributed by atoms with E-state index in [0.717, 1.165) is 5.52 Å². The normalized spacial score (nSPS) is 12.0. The number of nitrogens with one attached hydrogen (secondary N) is 1. The van der Waals surface area contributed by atoms with Crippen LogP contribution in [0.15, 0.2) is 72.8 Å². The lowest BCUT2D eigenvalue weighted by Crippen LogP contribution is -2.26. The van der Waals surface area contributed by atoms with Crippen molar-refractivity contribution >= 4 is 16.9 Å². The Bertz CT molecular complexity index is 1220. The Kier molecular flexibility index (Phi) is 6.47. The first-order valence-electron chi connectivity index (χ1n) is 10.4. The molecule has 3 aromatic carbocycles. The van der Waals surface area contributed by atoms with Crippen LogP contribution in [0.1, 0.15) is 34.8 Å². The molecule has 0 saturated carbocycles. The van der Waals surface area contributed by atoms with Gasteiger partial charge in [-0.25, -0.2) is 9.37 Å². The van der Waals surface area contributed by atoms with Gasteiger partial charge in [-0.1, -0.05) is 36.4 Å². The average Bonchev–Trinajstić information content (AvgIpc) is 3.17. The first-order valence-corrected chi connectivity index (χ1v) is 10.4. The highest BCUT2D eigenvalue weighted by atomic mass is 19.1. The third kappa shape index (κ3) is 4.63. The smallest absolute Gasteiger partial charge is 0.251 e. The highest BCUT2D eigenvalue weighted by Gasteiger charge is 2.20. The number of ether oxygens (including phenoxy) is 1. The van der Waals surface area contributed by atoms with Gasteiger partial charge in [0.1, 0.15) is 11.6 Å². The second-order valence-corrected chi connectivity index (χ2v) is 7.40. The third-order valence-electron chi connectivity index (χ3n) is 5.14. The molecule has 1 aromatic heterocycles. The number of benzene rings is 3. The van der Waals surface area contributed by atoms with Crippen LogP contribution in [0.4, 0.5) is 4.39 Å². The lowest BCUT2D eigenvalue weighted by atomic mass is 10.1. The maximum atomic E-state index is 14.4. The maximum absolute atomic E-state index is 14.4. The van der Waals surface area contributed by atoms with Gasteiger partial charge < -0.3 is 19.7 Å². The van der Waals surface area contributed by atoms with Crippen molar-refractivity contribution in [1.29, 1.82) is 0 Å². The van der Waals surface area contributed by atoms with Crippen LogP contribution in [0.3, 0.4) is 0 Å². The van der Waals surface area contributed by atoms with E-state index in [4.69, 9.17) is 14.8 Å². The van der Waals surface area contributed by atoms with Crippen molar-refractivity contribution in [2.24, 2.45) is 0 Å². The van der Waals surface area contributed by atoms with E-state index in [1.165, 1.54) is 6.07 Å². The molecule has 32 heavy (non-hydrogen) atoms. The summed E-state index contributed by atoms with van der Waals surface area (Å²) in [4.78, 5) is 17.1. The van der Waals surface area contributed by atoms with Crippen LogP contribution in [-0.2, 0) is 6.54 Å². The molecule has 0 aliphatic heterocycles. The Balaban J connectivity index is 1.75. The number of rotatable bonds is 8. The lowest BCUT2D eigenvalue weighted by Gasteiger charge is -2.17. The van der Waals surface area contributed by atoms with Gasteiger partial charge in [-0.05, 0) is 43.3 Å². The van der Waals surface area contributed by atoms with Crippen molar-refractivity contribution in [2.75, 3.05) is 13.2 Å². The summed E-state index contributed by atoms with van der Waals surface area (Å²) in [6.07, 6.45) is -0.414. The molecule has 6 nitrogen and oxygen atoms in total. The van der Waals surface area contributed by atoms with Crippen molar-refractivity contribution in [3.05, 3.63) is 95.6 Å². The molecule has 0 radical (unpaired) electrons. The molecule has 0 aliphatic carbocycles. The minimum absolute atomic E-state index is 0.135. The van der Waals surface area contributed by atoms with Crippen molar-refractivity contribution in [2.45, 2.75) is 19.6 Å². The number of hydrogen-bond acceptors (Lipinski definition) is 4. The van der Waals surface area contributed by atoms with Gasteiger partial charge in [0.25, 0.3) is 5.91 Å². The van der Waals surface area contributed by atoms with Gasteiger partial charge in [0.2, 0.25) is 0 Å². The van der Waals surface area contributed by atoms with Gasteiger partial charge in [-0.15, -0.1) is 0 Å². The number of halogens is 1. The molecule has 7 heteroatoms. The van der Waals surface area contributed by atoms with E-state index in [9.17, 15) is 9.18 Å². The zero-order valence-corrected chi connectivity index (χ0v) is 17.7. The number of aliphatic hydroxyl groups is 1. The molecule has 4 aromatic rings. The summed E-state index contributed by atoms with van der Waals surface area (Å²) in [5, 5.41) is 11.6. The summed E-state index contributed by atoms with van der Waals surface area (Å²) >= 11 is 0. The van der Waals surface area contributed by atoms with Gasteiger partial charge in [0.05, 0.1) is 24.2 Å². The van der Waals surface area contributed by atoms with E-state index < -0.39 is 6.10 Å². The van der Waals surface area contributed by atoms with Crippen LogP contribution < -0.4 is 10.1 Å². The zero-order chi connectivity index (χ0) is 22.5. The van der Waals surface area contributed by atoms with E-state index in [0.29, 0.717) is 28.2 Å². The van der Waals surface area contributed by atoms with E-state index in [-0.39, 0.29) is 31.4 Å². The van der Waals surface area contributed by atoms with Crippen LogP contribution in [0.2, 0.25) is 0 Å². The Hall–Kier alpha value is -3.71. The minimum atomic E-state index is -0.414. The number of aromatic nitrogens is 2. The average molecular weight is 433 g/mol. The molecule has 1 amide bonds. The monoisotopic (exact) mass is 433 g/mol. The number of aliphatic hydroxyl groups excluding tert-OH is 1. The quantitative estimate of drug-likeness (QED) is 0.439. The molecule has 1 unspecified atom stereocenters. The Labute approximate surface area is 185 Å². The Morgan fingerprint density at radius 3 is 2.62 bits per heavy atom. The SMILES string of the molecule is CC(Oc1ccccc1)c1nc2cc(C(=O)NCCO)ccc2n1Cc1ccccc1F. The van der Waals surface area contributed by atoms with E-state index in [2.05, 4.69) is 5.32 Å². The number of hydrogen-bond donors (Lipinski definition) is 2. The second kappa shape index (κ2) is 9.62. The standard InChI is InChI=1S/C25H24FN3O3/c1-17(32-20-8-3-2-4-9-20)24-28-22-15-18(25(31)27-13-14-30)11-12-23(22)29(24)16-19-7-5-6-10-21(19)26/h2-12,15,17,30H,13-14,16H2,1H3,(H,27,31). The van der Waals surface area contributed by atoms with Crippen molar-refractivity contribution < 1.29 is 19.0 Å². The number of imidazole rings is 1. The summed E-state index contributed by atoms with van der Waals surface area (Å²) in [5.41, 5.74) is 2.34. The number of carbonyl (C=O) groups excluding carboxylic acids is 1. The fourth-order valence-electron chi connectivity index (χ4n) is 3.59. The Morgan fingerprint density at radius 2 is 1.88 bits per heavy atom. The van der Waals surface area contributed by atoms with Crippen LogP contribution in [0.25, 0.3) is 11.0 Å². The summed E-state index contributed by atoms with van der Waals surface area (Å²) in [5.74, 6) is 0.741. The topological polar surface area (TPSA) is 76.4 Å². The van der Waals surface area contributed by atoms with Crippen molar-refractivity contribution in [3.63, 3.8) is 0 Å². The zero-order valence-electron chi connectivity index (χ0n) is 17.7. The molecule has 1 heterocycles.